The Balaban J connectivity index is 1.74. The van der Waals surface area contributed by atoms with E-state index >= 15 is 0 Å². The molecule has 148 valence electrons. The lowest BCUT2D eigenvalue weighted by molar-refractivity contribution is -0.121. The molecule has 4 aromatic rings. The van der Waals surface area contributed by atoms with Crippen LogP contribution in [0.25, 0.3) is 22.2 Å². The highest BCUT2D eigenvalue weighted by Gasteiger charge is 2.18. The van der Waals surface area contributed by atoms with Crippen LogP contribution in [0.1, 0.15) is 25.6 Å². The first kappa shape index (κ1) is 18.7. The van der Waals surface area contributed by atoms with Gasteiger partial charge in [0.05, 0.1) is 19.1 Å². The van der Waals surface area contributed by atoms with Gasteiger partial charge in [0.1, 0.15) is 23.3 Å². The third-order valence-corrected chi connectivity index (χ3v) is 4.79. The van der Waals surface area contributed by atoms with Crippen molar-refractivity contribution in [1.29, 1.82) is 0 Å². The average molecular weight is 390 g/mol. The molecular formula is C22H22N4O3. The molecule has 0 aliphatic heterocycles. The number of carbonyl (C=O) groups is 1. The van der Waals surface area contributed by atoms with Gasteiger partial charge < -0.3 is 14.3 Å². The largest absolute Gasteiger partial charge is 0.467 e. The Bertz CT molecular complexity index is 1190. The van der Waals surface area contributed by atoms with Crippen molar-refractivity contribution in [1.82, 2.24) is 19.4 Å². The highest BCUT2D eigenvalue weighted by Crippen LogP contribution is 2.27. The standard InChI is InChI=1S/C22H22N4O3/c1-15(2)26-14-24-20-18(16-7-4-3-5-8-16)12-25(21(20)22(26)28)13-19(27)23-11-17-9-6-10-29-17/h3-10,12,14-15H,11,13H2,1-2H3,(H,23,27). The summed E-state index contributed by atoms with van der Waals surface area (Å²) < 4.78 is 8.50. The molecule has 7 nitrogen and oxygen atoms in total. The van der Waals surface area contributed by atoms with Crippen LogP contribution >= 0.6 is 0 Å². The van der Waals surface area contributed by atoms with E-state index in [1.54, 1.807) is 33.9 Å². The zero-order valence-electron chi connectivity index (χ0n) is 16.3. The van der Waals surface area contributed by atoms with Crippen molar-refractivity contribution in [3.63, 3.8) is 0 Å². The summed E-state index contributed by atoms with van der Waals surface area (Å²) in [5, 5.41) is 2.82. The topological polar surface area (TPSA) is 82.1 Å². The molecule has 29 heavy (non-hydrogen) atoms. The summed E-state index contributed by atoms with van der Waals surface area (Å²) in [7, 11) is 0. The van der Waals surface area contributed by atoms with Crippen LogP contribution in [-0.2, 0) is 17.9 Å². The molecular weight excluding hydrogens is 368 g/mol. The number of furan rings is 1. The molecule has 0 bridgehead atoms. The Morgan fingerprint density at radius 1 is 1.17 bits per heavy atom. The molecule has 0 aliphatic carbocycles. The zero-order chi connectivity index (χ0) is 20.4. The lowest BCUT2D eigenvalue weighted by atomic mass is 10.1. The second kappa shape index (κ2) is 7.79. The normalized spacial score (nSPS) is 11.3. The van der Waals surface area contributed by atoms with E-state index in [2.05, 4.69) is 10.3 Å². The van der Waals surface area contributed by atoms with Crippen LogP contribution in [0, 0.1) is 0 Å². The lowest BCUT2D eigenvalue weighted by Crippen LogP contribution is -2.29. The van der Waals surface area contributed by atoms with E-state index in [0.717, 1.165) is 11.1 Å². The molecule has 0 atom stereocenters. The van der Waals surface area contributed by atoms with Gasteiger partial charge in [-0.15, -0.1) is 0 Å². The van der Waals surface area contributed by atoms with Gasteiger partial charge in [-0.25, -0.2) is 4.98 Å². The molecule has 0 radical (unpaired) electrons. The number of carbonyl (C=O) groups excluding carboxylic acids is 1. The number of nitrogens with zero attached hydrogens (tertiary/aromatic N) is 3. The SMILES string of the molecule is CC(C)n1cnc2c(-c3ccccc3)cn(CC(=O)NCc3ccco3)c2c1=O. The Hall–Kier alpha value is -3.61. The number of aromatic nitrogens is 3. The van der Waals surface area contributed by atoms with Crippen molar-refractivity contribution in [3.05, 3.63) is 77.4 Å². The molecule has 0 spiro atoms. The monoisotopic (exact) mass is 390 g/mol. The summed E-state index contributed by atoms with van der Waals surface area (Å²) in [6.07, 6.45) is 4.96. The van der Waals surface area contributed by atoms with Crippen molar-refractivity contribution in [2.45, 2.75) is 33.0 Å². The fourth-order valence-corrected chi connectivity index (χ4v) is 3.33. The molecule has 1 N–H and O–H groups in total. The van der Waals surface area contributed by atoms with E-state index < -0.39 is 0 Å². The summed E-state index contributed by atoms with van der Waals surface area (Å²) in [6, 6.07) is 13.3. The second-order valence-corrected chi connectivity index (χ2v) is 7.14. The third-order valence-electron chi connectivity index (χ3n) is 4.79. The number of hydrogen-bond acceptors (Lipinski definition) is 4. The highest BCUT2D eigenvalue weighted by atomic mass is 16.3. The van der Waals surface area contributed by atoms with E-state index in [-0.39, 0.29) is 24.1 Å². The molecule has 4 rings (SSSR count). The van der Waals surface area contributed by atoms with Gasteiger partial charge in [0.15, 0.2) is 0 Å². The van der Waals surface area contributed by atoms with Crippen molar-refractivity contribution in [2.24, 2.45) is 0 Å². The smallest absolute Gasteiger partial charge is 0.278 e. The molecule has 1 aromatic carbocycles. The number of hydrogen-bond donors (Lipinski definition) is 1. The van der Waals surface area contributed by atoms with Gasteiger partial charge in [-0.1, -0.05) is 30.3 Å². The Morgan fingerprint density at radius 2 is 1.97 bits per heavy atom. The predicted molar refractivity (Wildman–Crippen MR) is 110 cm³/mol. The highest BCUT2D eigenvalue weighted by molar-refractivity contribution is 5.93. The predicted octanol–water partition coefficient (Wildman–Crippen LogP) is 3.36. The maximum Gasteiger partial charge on any atom is 0.278 e. The molecule has 0 aliphatic rings. The number of benzene rings is 1. The minimum atomic E-state index is -0.211. The van der Waals surface area contributed by atoms with Gasteiger partial charge in [-0.2, -0.15) is 0 Å². The summed E-state index contributed by atoms with van der Waals surface area (Å²) in [5.41, 5.74) is 2.63. The Morgan fingerprint density at radius 3 is 2.66 bits per heavy atom. The number of rotatable bonds is 6. The van der Waals surface area contributed by atoms with Gasteiger partial charge in [-0.3, -0.25) is 14.2 Å². The van der Waals surface area contributed by atoms with Crippen molar-refractivity contribution in [3.8, 4) is 11.1 Å². The summed E-state index contributed by atoms with van der Waals surface area (Å²) in [6.45, 7) is 4.17. The third kappa shape index (κ3) is 3.71. The second-order valence-electron chi connectivity index (χ2n) is 7.14. The fourth-order valence-electron chi connectivity index (χ4n) is 3.33. The van der Waals surface area contributed by atoms with Gasteiger partial charge in [-0.05, 0) is 31.5 Å². The van der Waals surface area contributed by atoms with E-state index in [1.165, 1.54) is 0 Å². The summed E-state index contributed by atoms with van der Waals surface area (Å²) in [5.74, 6) is 0.460. The number of amides is 1. The van der Waals surface area contributed by atoms with Gasteiger partial charge in [0, 0.05) is 17.8 Å². The fraction of sp³-hybridized carbons (Fsp3) is 0.227. The molecule has 0 unspecified atom stereocenters. The van der Waals surface area contributed by atoms with E-state index in [0.29, 0.717) is 23.3 Å². The van der Waals surface area contributed by atoms with Crippen molar-refractivity contribution in [2.75, 3.05) is 0 Å². The lowest BCUT2D eigenvalue weighted by Gasteiger charge is -2.10. The maximum atomic E-state index is 13.1. The van der Waals surface area contributed by atoms with Gasteiger partial charge in [0.25, 0.3) is 5.56 Å². The molecule has 3 heterocycles. The first-order valence-electron chi connectivity index (χ1n) is 9.49. The van der Waals surface area contributed by atoms with Crippen LogP contribution in [-0.4, -0.2) is 20.0 Å². The van der Waals surface area contributed by atoms with E-state index in [9.17, 15) is 9.59 Å². The van der Waals surface area contributed by atoms with Crippen LogP contribution in [0.4, 0.5) is 0 Å². The quantitative estimate of drug-likeness (QED) is 0.547. The molecule has 1 amide bonds. The Kier molecular flexibility index (Phi) is 5.03. The van der Waals surface area contributed by atoms with E-state index in [1.807, 2.05) is 50.4 Å². The van der Waals surface area contributed by atoms with Crippen molar-refractivity contribution >= 4 is 16.9 Å². The Labute approximate surface area is 167 Å². The number of nitrogens with one attached hydrogen (secondary N) is 1. The van der Waals surface area contributed by atoms with Crippen LogP contribution < -0.4 is 10.9 Å². The minimum absolute atomic E-state index is 0.0169. The number of fused-ring (bicyclic) bond motifs is 1. The minimum Gasteiger partial charge on any atom is -0.467 e. The first-order valence-corrected chi connectivity index (χ1v) is 9.49. The van der Waals surface area contributed by atoms with Crippen LogP contribution in [0.15, 0.2) is 70.5 Å². The van der Waals surface area contributed by atoms with E-state index in [4.69, 9.17) is 4.42 Å². The van der Waals surface area contributed by atoms with Crippen molar-refractivity contribution < 1.29 is 9.21 Å². The van der Waals surface area contributed by atoms with Crippen LogP contribution in [0.5, 0.6) is 0 Å². The molecule has 0 fully saturated rings. The zero-order valence-corrected chi connectivity index (χ0v) is 16.3. The summed E-state index contributed by atoms with van der Waals surface area (Å²) in [4.78, 5) is 30.2. The van der Waals surface area contributed by atoms with Gasteiger partial charge >= 0.3 is 0 Å². The molecule has 7 heteroatoms. The first-order chi connectivity index (χ1) is 14.0. The molecule has 0 saturated heterocycles. The average Bonchev–Trinajstić information content (AvgIpc) is 3.35. The summed E-state index contributed by atoms with van der Waals surface area (Å²) >= 11 is 0. The van der Waals surface area contributed by atoms with Crippen LogP contribution in [0.2, 0.25) is 0 Å². The maximum absolute atomic E-state index is 13.1. The van der Waals surface area contributed by atoms with Crippen LogP contribution in [0.3, 0.4) is 0 Å². The molecule has 3 aromatic heterocycles. The van der Waals surface area contributed by atoms with Gasteiger partial charge in [0.2, 0.25) is 5.91 Å². The molecule has 0 saturated carbocycles.